The van der Waals surface area contributed by atoms with Gasteiger partial charge in [-0.05, 0) is 25.5 Å². The van der Waals surface area contributed by atoms with Crippen LogP contribution in [-0.4, -0.2) is 34.8 Å². The molecule has 0 bridgehead atoms. The van der Waals surface area contributed by atoms with Crippen molar-refractivity contribution in [1.82, 2.24) is 4.98 Å². The molecular weight excluding hydrogens is 244 g/mol. The minimum atomic E-state index is -0.360. The zero-order valence-electron chi connectivity index (χ0n) is 11.5. The maximum Gasteiger partial charge on any atom is 0.339 e. The Morgan fingerprint density at radius 3 is 2.79 bits per heavy atom. The number of ether oxygens (including phenoxy) is 1. The molecule has 5 heteroatoms. The Bertz CT molecular complexity index is 456. The van der Waals surface area contributed by atoms with Crippen molar-refractivity contribution in [2.45, 2.75) is 39.3 Å². The lowest BCUT2D eigenvalue weighted by Gasteiger charge is -2.49. The van der Waals surface area contributed by atoms with Crippen molar-refractivity contribution in [1.29, 1.82) is 0 Å². The van der Waals surface area contributed by atoms with Crippen molar-refractivity contribution in [2.75, 3.05) is 11.9 Å². The number of anilines is 1. The number of hydrogen-bond acceptors (Lipinski definition) is 5. The highest BCUT2D eigenvalue weighted by molar-refractivity contribution is 5.89. The molecule has 2 N–H and O–H groups in total. The highest BCUT2D eigenvalue weighted by Crippen LogP contribution is 2.41. The van der Waals surface area contributed by atoms with Gasteiger partial charge in [-0.1, -0.05) is 13.8 Å². The Kier molecular flexibility index (Phi) is 3.75. The van der Waals surface area contributed by atoms with Crippen LogP contribution < -0.4 is 5.32 Å². The molecule has 0 saturated heterocycles. The number of hydrogen-bond donors (Lipinski definition) is 2. The molecule has 1 heterocycles. The van der Waals surface area contributed by atoms with Gasteiger partial charge in [0.1, 0.15) is 5.82 Å². The van der Waals surface area contributed by atoms with Crippen LogP contribution in [0.25, 0.3) is 0 Å². The summed E-state index contributed by atoms with van der Waals surface area (Å²) in [7, 11) is 0. The SMILES string of the molecule is CCOC(=O)c1ccc(NC2CC(O)C2(C)C)nc1. The summed E-state index contributed by atoms with van der Waals surface area (Å²) in [5, 5.41) is 13.0. The van der Waals surface area contributed by atoms with Gasteiger partial charge in [-0.25, -0.2) is 9.78 Å². The largest absolute Gasteiger partial charge is 0.462 e. The normalized spacial score (nSPS) is 24.4. The molecule has 1 fully saturated rings. The van der Waals surface area contributed by atoms with Crippen LogP contribution in [0.3, 0.4) is 0 Å². The summed E-state index contributed by atoms with van der Waals surface area (Å²) >= 11 is 0. The minimum absolute atomic E-state index is 0.151. The number of esters is 1. The van der Waals surface area contributed by atoms with E-state index in [9.17, 15) is 9.90 Å². The third-order valence-electron chi connectivity index (χ3n) is 3.81. The highest BCUT2D eigenvalue weighted by atomic mass is 16.5. The van der Waals surface area contributed by atoms with Gasteiger partial charge in [0.15, 0.2) is 0 Å². The van der Waals surface area contributed by atoms with Gasteiger partial charge in [-0.2, -0.15) is 0 Å². The van der Waals surface area contributed by atoms with Crippen LogP contribution in [0.15, 0.2) is 18.3 Å². The summed E-state index contributed by atoms with van der Waals surface area (Å²) < 4.78 is 4.90. The topological polar surface area (TPSA) is 71.5 Å². The fourth-order valence-electron chi connectivity index (χ4n) is 2.14. The number of aromatic nitrogens is 1. The fraction of sp³-hybridized carbons (Fsp3) is 0.571. The first-order valence-corrected chi connectivity index (χ1v) is 6.53. The average molecular weight is 264 g/mol. The van der Waals surface area contributed by atoms with Gasteiger partial charge in [-0.15, -0.1) is 0 Å². The van der Waals surface area contributed by atoms with Gasteiger partial charge in [0.05, 0.1) is 18.3 Å². The van der Waals surface area contributed by atoms with E-state index in [1.807, 2.05) is 13.8 Å². The van der Waals surface area contributed by atoms with Crippen molar-refractivity contribution in [2.24, 2.45) is 5.41 Å². The molecule has 104 valence electrons. The molecule has 0 spiro atoms. The lowest BCUT2D eigenvalue weighted by Crippen LogP contribution is -2.57. The zero-order chi connectivity index (χ0) is 14.0. The van der Waals surface area contributed by atoms with Crippen molar-refractivity contribution in [3.05, 3.63) is 23.9 Å². The standard InChI is InChI=1S/C14H20N2O3/c1-4-19-13(18)9-5-6-12(15-8-9)16-10-7-11(17)14(10,2)3/h5-6,8,10-11,17H,4,7H2,1-3H3,(H,15,16). The van der Waals surface area contributed by atoms with Crippen molar-refractivity contribution < 1.29 is 14.6 Å². The minimum Gasteiger partial charge on any atom is -0.462 e. The summed E-state index contributed by atoms with van der Waals surface area (Å²) in [6.07, 6.45) is 1.94. The fourth-order valence-corrected chi connectivity index (χ4v) is 2.14. The maximum absolute atomic E-state index is 11.5. The van der Waals surface area contributed by atoms with Gasteiger partial charge in [0.25, 0.3) is 0 Å². The molecule has 1 aromatic heterocycles. The van der Waals surface area contributed by atoms with Gasteiger partial charge in [-0.3, -0.25) is 0 Å². The Hall–Kier alpha value is -1.62. The molecule has 1 aromatic rings. The van der Waals surface area contributed by atoms with E-state index in [0.29, 0.717) is 24.4 Å². The van der Waals surface area contributed by atoms with Crippen LogP contribution in [0, 0.1) is 5.41 Å². The van der Waals surface area contributed by atoms with E-state index in [-0.39, 0.29) is 23.5 Å². The molecule has 1 aliphatic carbocycles. The predicted octanol–water partition coefficient (Wildman–Crippen LogP) is 1.83. The number of pyridine rings is 1. The third kappa shape index (κ3) is 2.71. The quantitative estimate of drug-likeness (QED) is 0.812. The molecule has 2 unspecified atom stereocenters. The molecule has 1 saturated carbocycles. The van der Waals surface area contributed by atoms with Gasteiger partial charge < -0.3 is 15.2 Å². The number of rotatable bonds is 4. The summed E-state index contributed by atoms with van der Waals surface area (Å²) in [6, 6.07) is 3.64. The van der Waals surface area contributed by atoms with E-state index in [1.54, 1.807) is 19.1 Å². The summed E-state index contributed by atoms with van der Waals surface area (Å²) in [6.45, 7) is 6.16. The summed E-state index contributed by atoms with van der Waals surface area (Å²) in [5.74, 6) is 0.346. The molecular formula is C14H20N2O3. The van der Waals surface area contributed by atoms with Crippen molar-refractivity contribution in [3.63, 3.8) is 0 Å². The number of aliphatic hydroxyl groups is 1. The van der Waals surface area contributed by atoms with Gasteiger partial charge >= 0.3 is 5.97 Å². The molecule has 1 aliphatic rings. The van der Waals surface area contributed by atoms with Gasteiger partial charge in [0.2, 0.25) is 0 Å². The van der Waals surface area contributed by atoms with E-state index in [0.717, 1.165) is 0 Å². The molecule has 0 radical (unpaired) electrons. The first-order valence-electron chi connectivity index (χ1n) is 6.53. The predicted molar refractivity (Wildman–Crippen MR) is 72.0 cm³/mol. The van der Waals surface area contributed by atoms with E-state index >= 15 is 0 Å². The third-order valence-corrected chi connectivity index (χ3v) is 3.81. The second-order valence-electron chi connectivity index (χ2n) is 5.42. The van der Waals surface area contributed by atoms with Crippen molar-refractivity contribution in [3.8, 4) is 0 Å². The summed E-state index contributed by atoms with van der Waals surface area (Å²) in [5.41, 5.74) is 0.293. The second-order valence-corrected chi connectivity index (χ2v) is 5.42. The van der Waals surface area contributed by atoms with Gasteiger partial charge in [0, 0.05) is 17.7 Å². The first-order chi connectivity index (χ1) is 8.95. The van der Waals surface area contributed by atoms with Crippen LogP contribution in [0.1, 0.15) is 37.6 Å². The Labute approximate surface area is 113 Å². The second kappa shape index (κ2) is 5.17. The Balaban J connectivity index is 1.98. The molecule has 2 rings (SSSR count). The molecule has 2 atom stereocenters. The van der Waals surface area contributed by atoms with Crippen LogP contribution in [0.5, 0.6) is 0 Å². The number of carbonyl (C=O) groups is 1. The highest BCUT2D eigenvalue weighted by Gasteiger charge is 2.47. The van der Waals surface area contributed by atoms with Crippen molar-refractivity contribution >= 4 is 11.8 Å². The average Bonchev–Trinajstić information content (AvgIpc) is 2.39. The maximum atomic E-state index is 11.5. The number of carbonyl (C=O) groups excluding carboxylic acids is 1. The van der Waals surface area contributed by atoms with E-state index in [1.165, 1.54) is 6.20 Å². The van der Waals surface area contributed by atoms with Crippen LogP contribution in [-0.2, 0) is 4.74 Å². The van der Waals surface area contributed by atoms with E-state index in [4.69, 9.17) is 4.74 Å². The lowest BCUT2D eigenvalue weighted by atomic mass is 9.64. The molecule has 0 aromatic carbocycles. The van der Waals surface area contributed by atoms with E-state index < -0.39 is 0 Å². The smallest absolute Gasteiger partial charge is 0.339 e. The number of nitrogens with zero attached hydrogens (tertiary/aromatic N) is 1. The molecule has 0 amide bonds. The van der Waals surface area contributed by atoms with E-state index in [2.05, 4.69) is 10.3 Å². The lowest BCUT2D eigenvalue weighted by molar-refractivity contribution is -0.0511. The Morgan fingerprint density at radius 2 is 2.32 bits per heavy atom. The zero-order valence-corrected chi connectivity index (χ0v) is 11.5. The number of nitrogens with one attached hydrogen (secondary N) is 1. The van der Waals surface area contributed by atoms with Crippen LogP contribution >= 0.6 is 0 Å². The molecule has 19 heavy (non-hydrogen) atoms. The first kappa shape index (κ1) is 13.8. The summed E-state index contributed by atoms with van der Waals surface area (Å²) in [4.78, 5) is 15.7. The molecule has 5 nitrogen and oxygen atoms in total. The van der Waals surface area contributed by atoms with Crippen LogP contribution in [0.2, 0.25) is 0 Å². The molecule has 0 aliphatic heterocycles. The Morgan fingerprint density at radius 1 is 1.58 bits per heavy atom. The number of aliphatic hydroxyl groups excluding tert-OH is 1. The monoisotopic (exact) mass is 264 g/mol. The van der Waals surface area contributed by atoms with Crippen LogP contribution in [0.4, 0.5) is 5.82 Å².